The fourth-order valence-electron chi connectivity index (χ4n) is 2.49. The highest BCUT2D eigenvalue weighted by Gasteiger charge is 2.16. The van der Waals surface area contributed by atoms with Gasteiger partial charge < -0.3 is 15.4 Å². The molecule has 0 aliphatic carbocycles. The standard InChI is InChI=1S/C18H18N2O3S/c1-23-15-5-3-2-4-13(15)11-19-18(22)12-6-7-16-14(10-12)20-17(21)8-9-24-16/h2-7,10H,8-9,11H2,1H3,(H,19,22)(H,20,21). The van der Waals surface area contributed by atoms with Crippen LogP contribution in [0.15, 0.2) is 47.4 Å². The molecule has 0 spiro atoms. The van der Waals surface area contributed by atoms with Crippen molar-refractivity contribution in [3.63, 3.8) is 0 Å². The first-order valence-electron chi connectivity index (χ1n) is 7.64. The molecule has 124 valence electrons. The van der Waals surface area contributed by atoms with Gasteiger partial charge in [-0.3, -0.25) is 9.59 Å². The van der Waals surface area contributed by atoms with Crippen molar-refractivity contribution in [3.8, 4) is 5.75 Å². The van der Waals surface area contributed by atoms with Gasteiger partial charge in [0.05, 0.1) is 12.8 Å². The van der Waals surface area contributed by atoms with Crippen LogP contribution in [0.3, 0.4) is 0 Å². The van der Waals surface area contributed by atoms with Gasteiger partial charge in [-0.05, 0) is 24.3 Å². The van der Waals surface area contributed by atoms with Crippen LogP contribution in [0, 0.1) is 0 Å². The third-order valence-corrected chi connectivity index (χ3v) is 4.81. The number of ether oxygens (including phenoxy) is 1. The van der Waals surface area contributed by atoms with Gasteiger partial charge in [-0.1, -0.05) is 18.2 Å². The number of para-hydroxylation sites is 1. The molecule has 2 aromatic rings. The Bertz CT molecular complexity index is 777. The van der Waals surface area contributed by atoms with Crippen LogP contribution in [0.1, 0.15) is 22.3 Å². The second-order valence-corrected chi connectivity index (χ2v) is 6.49. The molecule has 1 aliphatic rings. The number of rotatable bonds is 4. The highest BCUT2D eigenvalue weighted by Crippen LogP contribution is 2.31. The number of hydrogen-bond donors (Lipinski definition) is 2. The van der Waals surface area contributed by atoms with Crippen molar-refractivity contribution in [1.82, 2.24) is 5.32 Å². The molecule has 0 aromatic heterocycles. The summed E-state index contributed by atoms with van der Waals surface area (Å²) in [6, 6.07) is 12.9. The molecule has 5 nitrogen and oxygen atoms in total. The zero-order valence-electron chi connectivity index (χ0n) is 13.3. The molecule has 2 N–H and O–H groups in total. The zero-order valence-corrected chi connectivity index (χ0v) is 14.1. The minimum absolute atomic E-state index is 0.0205. The van der Waals surface area contributed by atoms with E-state index in [1.807, 2.05) is 30.3 Å². The van der Waals surface area contributed by atoms with Crippen LogP contribution in [0.5, 0.6) is 5.75 Å². The smallest absolute Gasteiger partial charge is 0.251 e. The molecule has 3 rings (SSSR count). The number of hydrogen-bond acceptors (Lipinski definition) is 4. The number of benzene rings is 2. The number of amides is 2. The molecule has 0 fully saturated rings. The predicted octanol–water partition coefficient (Wildman–Crippen LogP) is 3.06. The van der Waals surface area contributed by atoms with E-state index in [0.29, 0.717) is 24.2 Å². The molecule has 2 aromatic carbocycles. The number of thioether (sulfide) groups is 1. The summed E-state index contributed by atoms with van der Waals surface area (Å²) in [6.45, 7) is 0.376. The monoisotopic (exact) mass is 342 g/mol. The van der Waals surface area contributed by atoms with E-state index in [0.717, 1.165) is 22.0 Å². The van der Waals surface area contributed by atoms with E-state index in [4.69, 9.17) is 4.74 Å². The Labute approximate surface area is 144 Å². The van der Waals surface area contributed by atoms with Crippen molar-refractivity contribution >= 4 is 29.3 Å². The quantitative estimate of drug-likeness (QED) is 0.896. The van der Waals surface area contributed by atoms with Gasteiger partial charge in [0.25, 0.3) is 5.91 Å². The minimum Gasteiger partial charge on any atom is -0.496 e. The number of anilines is 1. The van der Waals surface area contributed by atoms with Crippen molar-refractivity contribution in [3.05, 3.63) is 53.6 Å². The van der Waals surface area contributed by atoms with Crippen molar-refractivity contribution in [1.29, 1.82) is 0 Å². The second kappa shape index (κ2) is 7.40. The van der Waals surface area contributed by atoms with Crippen molar-refractivity contribution in [2.24, 2.45) is 0 Å². The first-order valence-corrected chi connectivity index (χ1v) is 8.63. The van der Waals surface area contributed by atoms with Gasteiger partial charge in [-0.2, -0.15) is 0 Å². The van der Waals surface area contributed by atoms with Crippen molar-refractivity contribution < 1.29 is 14.3 Å². The lowest BCUT2D eigenvalue weighted by molar-refractivity contribution is -0.115. The molecule has 6 heteroatoms. The molecule has 0 atom stereocenters. The first kappa shape index (κ1) is 16.4. The van der Waals surface area contributed by atoms with Crippen LogP contribution in [-0.2, 0) is 11.3 Å². The van der Waals surface area contributed by atoms with Crippen LogP contribution in [0.2, 0.25) is 0 Å². The highest BCUT2D eigenvalue weighted by atomic mass is 32.2. The fraction of sp³-hybridized carbons (Fsp3) is 0.222. The predicted molar refractivity (Wildman–Crippen MR) is 94.6 cm³/mol. The Morgan fingerprint density at radius 2 is 2.12 bits per heavy atom. The lowest BCUT2D eigenvalue weighted by Crippen LogP contribution is -2.23. The van der Waals surface area contributed by atoms with Crippen LogP contribution in [0.25, 0.3) is 0 Å². The van der Waals surface area contributed by atoms with Crippen LogP contribution in [-0.4, -0.2) is 24.7 Å². The molecule has 1 heterocycles. The third-order valence-electron chi connectivity index (χ3n) is 3.73. The fourth-order valence-corrected chi connectivity index (χ4v) is 3.42. The summed E-state index contributed by atoms with van der Waals surface area (Å²) in [6.07, 6.45) is 0.481. The summed E-state index contributed by atoms with van der Waals surface area (Å²) in [5.74, 6) is 1.28. The van der Waals surface area contributed by atoms with Crippen molar-refractivity contribution in [2.45, 2.75) is 17.9 Å². The number of carbonyl (C=O) groups is 2. The minimum atomic E-state index is -0.188. The Kier molecular flexibility index (Phi) is 5.05. The number of methoxy groups -OCH3 is 1. The Morgan fingerprint density at radius 3 is 2.96 bits per heavy atom. The summed E-state index contributed by atoms with van der Waals surface area (Å²) in [5, 5.41) is 5.74. The van der Waals surface area contributed by atoms with Crippen molar-refractivity contribution in [2.75, 3.05) is 18.2 Å². The van der Waals surface area contributed by atoms with Gasteiger partial charge in [0, 0.05) is 34.7 Å². The van der Waals surface area contributed by atoms with E-state index in [9.17, 15) is 9.59 Å². The Morgan fingerprint density at radius 1 is 1.29 bits per heavy atom. The first-order chi connectivity index (χ1) is 11.7. The molecule has 24 heavy (non-hydrogen) atoms. The van der Waals surface area contributed by atoms with E-state index < -0.39 is 0 Å². The van der Waals surface area contributed by atoms with Gasteiger partial charge in [0.1, 0.15) is 5.75 Å². The largest absolute Gasteiger partial charge is 0.496 e. The number of nitrogens with one attached hydrogen (secondary N) is 2. The van der Waals surface area contributed by atoms with E-state index in [1.54, 1.807) is 31.0 Å². The molecule has 1 aliphatic heterocycles. The van der Waals surface area contributed by atoms with E-state index in [2.05, 4.69) is 10.6 Å². The number of carbonyl (C=O) groups excluding carboxylic acids is 2. The molecule has 0 bridgehead atoms. The molecule has 0 unspecified atom stereocenters. The lowest BCUT2D eigenvalue weighted by atomic mass is 10.1. The normalized spacial score (nSPS) is 13.5. The topological polar surface area (TPSA) is 67.4 Å². The Hall–Kier alpha value is -2.47. The SMILES string of the molecule is COc1ccccc1CNC(=O)c1ccc2c(c1)NC(=O)CCS2. The molecular formula is C18H18N2O3S. The summed E-state index contributed by atoms with van der Waals surface area (Å²) >= 11 is 1.62. The van der Waals surface area contributed by atoms with E-state index in [-0.39, 0.29) is 11.8 Å². The zero-order chi connectivity index (χ0) is 16.9. The van der Waals surface area contributed by atoms with Gasteiger partial charge in [0.2, 0.25) is 5.91 Å². The maximum Gasteiger partial charge on any atom is 0.251 e. The summed E-state index contributed by atoms with van der Waals surface area (Å²) in [4.78, 5) is 25.1. The highest BCUT2D eigenvalue weighted by molar-refractivity contribution is 7.99. The maximum atomic E-state index is 12.4. The molecular weight excluding hydrogens is 324 g/mol. The average molecular weight is 342 g/mol. The van der Waals surface area contributed by atoms with E-state index in [1.165, 1.54) is 0 Å². The van der Waals surface area contributed by atoms with E-state index >= 15 is 0 Å². The van der Waals surface area contributed by atoms with Gasteiger partial charge in [-0.25, -0.2) is 0 Å². The second-order valence-electron chi connectivity index (χ2n) is 5.35. The van der Waals surface area contributed by atoms with Crippen LogP contribution >= 0.6 is 11.8 Å². The molecule has 0 saturated heterocycles. The van der Waals surface area contributed by atoms with Gasteiger partial charge in [-0.15, -0.1) is 11.8 Å². The van der Waals surface area contributed by atoms with Crippen LogP contribution < -0.4 is 15.4 Å². The lowest BCUT2D eigenvalue weighted by Gasteiger charge is -2.11. The number of fused-ring (bicyclic) bond motifs is 1. The van der Waals surface area contributed by atoms with Crippen LogP contribution in [0.4, 0.5) is 5.69 Å². The molecule has 0 saturated carbocycles. The summed E-state index contributed by atoms with van der Waals surface area (Å²) in [7, 11) is 1.60. The summed E-state index contributed by atoms with van der Waals surface area (Å²) < 4.78 is 5.28. The molecule has 2 amide bonds. The van der Waals surface area contributed by atoms with Gasteiger partial charge in [0.15, 0.2) is 0 Å². The maximum absolute atomic E-state index is 12.4. The Balaban J connectivity index is 1.72. The molecule has 0 radical (unpaired) electrons. The average Bonchev–Trinajstić information content (AvgIpc) is 2.79. The third kappa shape index (κ3) is 3.71. The summed E-state index contributed by atoms with van der Waals surface area (Å²) in [5.41, 5.74) is 2.13. The van der Waals surface area contributed by atoms with Gasteiger partial charge >= 0.3 is 0 Å².